The molecule has 298 valence electrons. The van der Waals surface area contributed by atoms with Crippen molar-refractivity contribution >= 4 is 5.78 Å². The number of nitrogens with zero attached hydrogens (tertiary/aromatic N) is 1. The summed E-state index contributed by atoms with van der Waals surface area (Å²) in [6.45, 7) is 6.95. The van der Waals surface area contributed by atoms with Gasteiger partial charge in [0.25, 0.3) is 0 Å². The fraction of sp³-hybridized carbons (Fsp3) is 0.449. The molecule has 0 saturated heterocycles. The molecule has 0 unspecified atom stereocenters. The lowest BCUT2D eigenvalue weighted by atomic mass is 9.64. The molecule has 0 spiro atoms. The van der Waals surface area contributed by atoms with Gasteiger partial charge in [0.1, 0.15) is 0 Å². The highest BCUT2D eigenvalue weighted by Crippen LogP contribution is 2.59. The summed E-state index contributed by atoms with van der Waals surface area (Å²) < 4.78 is 11.3. The number of allylic oxidation sites excluding steroid dienone is 2. The Balaban J connectivity index is 1.31. The molecule has 2 bridgehead atoms. The van der Waals surface area contributed by atoms with E-state index in [2.05, 4.69) is 49.1 Å². The summed E-state index contributed by atoms with van der Waals surface area (Å²) in [7, 11) is 1.69. The first-order valence-electron chi connectivity index (χ1n) is 20.5. The third-order valence-electron chi connectivity index (χ3n) is 12.4. The van der Waals surface area contributed by atoms with E-state index in [0.29, 0.717) is 63.2 Å². The third kappa shape index (κ3) is 10.3. The predicted octanol–water partition coefficient (Wildman–Crippen LogP) is 8.54. The predicted molar refractivity (Wildman–Crippen MR) is 224 cm³/mol. The minimum absolute atomic E-state index is 0.0450. The first-order chi connectivity index (χ1) is 27.1. The van der Waals surface area contributed by atoms with Crippen molar-refractivity contribution in [3.63, 3.8) is 0 Å². The van der Waals surface area contributed by atoms with Gasteiger partial charge in [-0.25, -0.2) is 0 Å². The molecule has 0 aromatic heterocycles. The zero-order valence-electron chi connectivity index (χ0n) is 33.5. The topological polar surface area (TPSA) is 99.5 Å². The lowest BCUT2D eigenvalue weighted by molar-refractivity contribution is -0.0913. The minimum atomic E-state index is -1.10. The summed E-state index contributed by atoms with van der Waals surface area (Å²) in [5, 5.41) is 35.3. The van der Waals surface area contributed by atoms with Gasteiger partial charge in [0.05, 0.1) is 31.0 Å². The first-order valence-corrected chi connectivity index (χ1v) is 20.5. The van der Waals surface area contributed by atoms with Crippen LogP contribution in [0.15, 0.2) is 115 Å². The number of carbonyl (C=O) groups is 1. The summed E-state index contributed by atoms with van der Waals surface area (Å²) in [5.74, 6) is -0.137. The standard InChI is InChI=1S/C49H61NO6/c1-36-12-10-26-48(2)46(25-27-49(48,54)35-50(28-11-29-55-3)32-43(52)34-56-33-37-13-6-4-7-14-37)44-24-18-38(30-42(51)23-17-36)31-45(44)47(53)41-21-19-40(20-22-41)39-15-8-5-9-16-39/h4-9,12-16,18-22,24,31,42-43,46,51-52,54H,10-11,17,23,25-30,32-35H2,1-3H3/t42-,43+,46-,48-,49+/m0/s1. The number of hydrogen-bond donors (Lipinski definition) is 3. The van der Waals surface area contributed by atoms with Crippen molar-refractivity contribution in [1.82, 2.24) is 4.90 Å². The third-order valence-corrected chi connectivity index (χ3v) is 12.4. The zero-order valence-corrected chi connectivity index (χ0v) is 33.5. The van der Waals surface area contributed by atoms with Crippen LogP contribution in [0.2, 0.25) is 0 Å². The van der Waals surface area contributed by atoms with Crippen LogP contribution in [0.25, 0.3) is 11.1 Å². The quantitative estimate of drug-likeness (QED) is 0.0635. The number of aliphatic hydroxyl groups is 3. The Morgan fingerprint density at radius 2 is 1.64 bits per heavy atom. The van der Waals surface area contributed by atoms with Crippen LogP contribution < -0.4 is 0 Å². The Morgan fingerprint density at radius 3 is 2.38 bits per heavy atom. The summed E-state index contributed by atoms with van der Waals surface area (Å²) >= 11 is 0. The Kier molecular flexibility index (Phi) is 14.5. The number of ketones is 1. The molecule has 7 nitrogen and oxygen atoms in total. The van der Waals surface area contributed by atoms with E-state index in [4.69, 9.17) is 9.47 Å². The van der Waals surface area contributed by atoms with Crippen LogP contribution in [0.1, 0.15) is 97.3 Å². The van der Waals surface area contributed by atoms with E-state index in [-0.39, 0.29) is 18.3 Å². The average Bonchev–Trinajstić information content (AvgIpc) is 3.45. The number of rotatable bonds is 15. The summed E-state index contributed by atoms with van der Waals surface area (Å²) in [6.07, 6.45) is 6.50. The lowest BCUT2D eigenvalue weighted by Gasteiger charge is -2.46. The highest BCUT2D eigenvalue weighted by molar-refractivity contribution is 6.10. The van der Waals surface area contributed by atoms with Crippen molar-refractivity contribution in [2.45, 2.75) is 95.5 Å². The van der Waals surface area contributed by atoms with Gasteiger partial charge in [0, 0.05) is 49.9 Å². The molecule has 4 aromatic rings. The molecule has 7 heteroatoms. The molecule has 3 N–H and O–H groups in total. The van der Waals surface area contributed by atoms with E-state index in [1.807, 2.05) is 78.9 Å². The molecule has 0 heterocycles. The fourth-order valence-corrected chi connectivity index (χ4v) is 9.07. The number of hydrogen-bond acceptors (Lipinski definition) is 7. The van der Waals surface area contributed by atoms with E-state index in [1.54, 1.807) is 7.11 Å². The number of ether oxygens (including phenoxy) is 2. The van der Waals surface area contributed by atoms with Crippen LogP contribution in [-0.4, -0.2) is 83.8 Å². The molecule has 0 aliphatic heterocycles. The second-order valence-electron chi connectivity index (χ2n) is 16.5. The van der Waals surface area contributed by atoms with Gasteiger partial charge in [-0.3, -0.25) is 9.69 Å². The van der Waals surface area contributed by atoms with E-state index in [1.165, 1.54) is 5.57 Å². The molecular weight excluding hydrogens is 699 g/mol. The van der Waals surface area contributed by atoms with Crippen LogP contribution in [0.5, 0.6) is 0 Å². The van der Waals surface area contributed by atoms with Crippen LogP contribution in [0.3, 0.4) is 0 Å². The Hall–Kier alpha value is -3.95. The van der Waals surface area contributed by atoms with E-state index < -0.39 is 23.2 Å². The molecule has 56 heavy (non-hydrogen) atoms. The minimum Gasteiger partial charge on any atom is -0.393 e. The average molecular weight is 760 g/mol. The molecule has 1 saturated carbocycles. The van der Waals surface area contributed by atoms with E-state index in [0.717, 1.165) is 59.9 Å². The number of aliphatic hydroxyl groups excluding tert-OH is 2. The Morgan fingerprint density at radius 1 is 0.929 bits per heavy atom. The molecule has 0 radical (unpaired) electrons. The van der Waals surface area contributed by atoms with Crippen molar-refractivity contribution in [1.29, 1.82) is 0 Å². The largest absolute Gasteiger partial charge is 0.393 e. The lowest BCUT2D eigenvalue weighted by Crippen LogP contribution is -2.54. The van der Waals surface area contributed by atoms with E-state index in [9.17, 15) is 20.1 Å². The van der Waals surface area contributed by atoms with Crippen molar-refractivity contribution < 1.29 is 29.6 Å². The second kappa shape index (κ2) is 19.5. The summed E-state index contributed by atoms with van der Waals surface area (Å²) in [6, 6.07) is 34.1. The second-order valence-corrected chi connectivity index (χ2v) is 16.5. The maximum absolute atomic E-state index is 14.6. The molecule has 4 aromatic carbocycles. The molecule has 7 rings (SSSR count). The summed E-state index contributed by atoms with van der Waals surface area (Å²) in [5.41, 5.74) is 5.92. The molecule has 5 atom stereocenters. The highest BCUT2D eigenvalue weighted by Gasteiger charge is 2.57. The fourth-order valence-electron chi connectivity index (χ4n) is 9.07. The maximum atomic E-state index is 14.6. The number of fused-ring (bicyclic) bond motifs is 8. The number of carbonyl (C=O) groups excluding carboxylic acids is 1. The van der Waals surface area contributed by atoms with Gasteiger partial charge in [-0.1, -0.05) is 116 Å². The Labute approximate surface area is 334 Å². The normalized spacial score (nSPS) is 23.4. The monoisotopic (exact) mass is 759 g/mol. The highest BCUT2D eigenvalue weighted by atomic mass is 16.5. The van der Waals surface area contributed by atoms with Gasteiger partial charge in [0.2, 0.25) is 0 Å². The van der Waals surface area contributed by atoms with Gasteiger partial charge in [-0.15, -0.1) is 0 Å². The van der Waals surface area contributed by atoms with Crippen LogP contribution in [-0.2, 0) is 22.5 Å². The van der Waals surface area contributed by atoms with Gasteiger partial charge >= 0.3 is 0 Å². The van der Waals surface area contributed by atoms with Crippen molar-refractivity contribution in [2.75, 3.05) is 40.0 Å². The molecule has 1 fully saturated rings. The van der Waals surface area contributed by atoms with Crippen LogP contribution >= 0.6 is 0 Å². The molecule has 0 amide bonds. The van der Waals surface area contributed by atoms with Crippen molar-refractivity contribution in [3.8, 4) is 11.1 Å². The van der Waals surface area contributed by atoms with Gasteiger partial charge in [-0.05, 0) is 98.1 Å². The molecule has 3 aliphatic rings. The molecule has 3 aliphatic carbocycles. The van der Waals surface area contributed by atoms with Gasteiger partial charge < -0.3 is 24.8 Å². The smallest absolute Gasteiger partial charge is 0.193 e. The Bertz CT molecular complexity index is 1880. The first kappa shape index (κ1) is 41.7. The number of methoxy groups -OCH3 is 1. The van der Waals surface area contributed by atoms with E-state index >= 15 is 0 Å². The van der Waals surface area contributed by atoms with Crippen LogP contribution in [0.4, 0.5) is 0 Å². The maximum Gasteiger partial charge on any atom is 0.193 e. The van der Waals surface area contributed by atoms with Crippen LogP contribution in [0, 0.1) is 5.41 Å². The zero-order chi connectivity index (χ0) is 39.5. The SMILES string of the molecule is COCCCN(C[C@@H](O)COCc1ccccc1)C[C@]1(O)CC[C@H]2c3ccc(cc3C(=O)c3ccc(-c4ccccc4)cc3)C[C@@H](O)CCC(C)=CCC[C@@]21C. The van der Waals surface area contributed by atoms with Crippen molar-refractivity contribution in [2.24, 2.45) is 5.41 Å². The summed E-state index contributed by atoms with van der Waals surface area (Å²) in [4.78, 5) is 16.8. The van der Waals surface area contributed by atoms with Crippen molar-refractivity contribution in [3.05, 3.63) is 143 Å². The number of benzene rings is 4. The molecular formula is C49H61NO6. The van der Waals surface area contributed by atoms with Gasteiger partial charge in [0.15, 0.2) is 5.78 Å². The van der Waals surface area contributed by atoms with Gasteiger partial charge in [-0.2, -0.15) is 0 Å².